The number of alkyl halides is 6. The van der Waals surface area contributed by atoms with Crippen LogP contribution in [0.4, 0.5) is 26.3 Å². The quantitative estimate of drug-likeness (QED) is 0.382. The van der Waals surface area contributed by atoms with Crippen LogP contribution in [0.15, 0.2) is 35.5 Å². The van der Waals surface area contributed by atoms with Gasteiger partial charge in [-0.25, -0.2) is 0 Å². The molecule has 0 bridgehead atoms. The molecule has 0 fully saturated rings. The first-order chi connectivity index (χ1) is 13.1. The molecule has 0 atom stereocenters. The van der Waals surface area contributed by atoms with Gasteiger partial charge in [0.15, 0.2) is 5.01 Å². The largest absolute Gasteiger partial charge is 0.433 e. The maximum Gasteiger partial charge on any atom is 0.433 e. The summed E-state index contributed by atoms with van der Waals surface area (Å²) in [6.45, 7) is 1.79. The minimum absolute atomic E-state index is 0.239. The van der Waals surface area contributed by atoms with Crippen molar-refractivity contribution < 1.29 is 26.3 Å². The molecule has 28 heavy (non-hydrogen) atoms. The summed E-state index contributed by atoms with van der Waals surface area (Å²) >= 11 is 2.18. The highest BCUT2D eigenvalue weighted by Crippen LogP contribution is 2.38. The normalized spacial score (nSPS) is 12.4. The Labute approximate surface area is 163 Å². The molecule has 0 spiro atoms. The number of halogens is 6. The van der Waals surface area contributed by atoms with Gasteiger partial charge >= 0.3 is 12.4 Å². The number of nitrogens with zero attached hydrogens (tertiary/aromatic N) is 4. The van der Waals surface area contributed by atoms with Crippen molar-refractivity contribution in [3.8, 4) is 21.3 Å². The van der Waals surface area contributed by atoms with Crippen molar-refractivity contribution in [2.75, 3.05) is 5.75 Å². The van der Waals surface area contributed by atoms with Crippen LogP contribution >= 0.6 is 23.1 Å². The van der Waals surface area contributed by atoms with Gasteiger partial charge in [-0.15, -0.1) is 22.0 Å². The third-order valence-electron chi connectivity index (χ3n) is 3.41. The Bertz CT molecular complexity index is 967. The van der Waals surface area contributed by atoms with E-state index in [1.54, 1.807) is 6.92 Å². The third kappa shape index (κ3) is 4.43. The summed E-state index contributed by atoms with van der Waals surface area (Å²) in [5, 5.41) is 8.38. The van der Waals surface area contributed by atoms with Crippen molar-refractivity contribution in [2.24, 2.45) is 0 Å². The average molecular weight is 436 g/mol. The number of pyridine rings is 2. The summed E-state index contributed by atoms with van der Waals surface area (Å²) in [5.74, 6) is 0.518. The summed E-state index contributed by atoms with van der Waals surface area (Å²) < 4.78 is 76.6. The second kappa shape index (κ2) is 7.66. The summed E-state index contributed by atoms with van der Waals surface area (Å²) in [5.41, 5.74) is -1.35. The molecule has 0 aromatic carbocycles. The molecular weight excluding hydrogens is 426 g/mol. The van der Waals surface area contributed by atoms with E-state index >= 15 is 0 Å². The SMILES string of the molecule is CCSc1cc(C(F)(F)F)cnc1-c1nnc(-c2ccc(C(F)(F)F)nc2)s1. The summed E-state index contributed by atoms with van der Waals surface area (Å²) in [7, 11) is 0. The van der Waals surface area contributed by atoms with Crippen LogP contribution in [0.2, 0.25) is 0 Å². The highest BCUT2D eigenvalue weighted by Gasteiger charge is 2.33. The maximum absolute atomic E-state index is 12.9. The Morgan fingerprint density at radius 1 is 0.929 bits per heavy atom. The standard InChI is InChI=1S/C16H10F6N4S2/c1-2-27-10-5-9(15(17,18)19)7-24-12(10)14-26-25-13(28-14)8-3-4-11(23-6-8)16(20,21)22/h3-7H,2H2,1H3. The van der Waals surface area contributed by atoms with Crippen molar-refractivity contribution in [1.29, 1.82) is 0 Å². The minimum Gasteiger partial charge on any atom is -0.252 e. The zero-order chi connectivity index (χ0) is 20.5. The molecule has 0 radical (unpaired) electrons. The molecule has 0 saturated heterocycles. The fraction of sp³-hybridized carbons (Fsp3) is 0.250. The Morgan fingerprint density at radius 3 is 2.21 bits per heavy atom. The van der Waals surface area contributed by atoms with Crippen molar-refractivity contribution in [3.63, 3.8) is 0 Å². The molecule has 3 aromatic rings. The smallest absolute Gasteiger partial charge is 0.252 e. The van der Waals surface area contributed by atoms with Crippen LogP contribution in [0.25, 0.3) is 21.3 Å². The van der Waals surface area contributed by atoms with Gasteiger partial charge < -0.3 is 0 Å². The lowest BCUT2D eigenvalue weighted by molar-refractivity contribution is -0.141. The summed E-state index contributed by atoms with van der Waals surface area (Å²) in [4.78, 5) is 7.55. The molecule has 3 rings (SSSR count). The van der Waals surface area contributed by atoms with Crippen molar-refractivity contribution in [1.82, 2.24) is 20.2 Å². The Kier molecular flexibility index (Phi) is 5.62. The van der Waals surface area contributed by atoms with Crippen molar-refractivity contribution >= 4 is 23.1 Å². The van der Waals surface area contributed by atoms with Crippen LogP contribution < -0.4 is 0 Å². The van der Waals surface area contributed by atoms with E-state index in [0.29, 0.717) is 16.2 Å². The predicted octanol–water partition coefficient (Wildman–Crippen LogP) is 5.81. The van der Waals surface area contributed by atoms with Crippen LogP contribution in [-0.4, -0.2) is 25.9 Å². The van der Waals surface area contributed by atoms with E-state index in [9.17, 15) is 26.3 Å². The lowest BCUT2D eigenvalue weighted by Crippen LogP contribution is -2.07. The summed E-state index contributed by atoms with van der Waals surface area (Å²) in [6.07, 6.45) is -7.33. The van der Waals surface area contributed by atoms with Gasteiger partial charge in [-0.3, -0.25) is 9.97 Å². The van der Waals surface area contributed by atoms with Crippen LogP contribution in [0.3, 0.4) is 0 Å². The Hall–Kier alpha value is -2.21. The number of hydrogen-bond acceptors (Lipinski definition) is 6. The van der Waals surface area contributed by atoms with Gasteiger partial charge in [0.2, 0.25) is 0 Å². The van der Waals surface area contributed by atoms with Gasteiger partial charge in [-0.1, -0.05) is 18.3 Å². The molecule has 0 aliphatic heterocycles. The van der Waals surface area contributed by atoms with Gasteiger partial charge in [0.05, 0.1) is 5.56 Å². The summed E-state index contributed by atoms with van der Waals surface area (Å²) in [6, 6.07) is 3.03. The predicted molar refractivity (Wildman–Crippen MR) is 92.8 cm³/mol. The highest BCUT2D eigenvalue weighted by atomic mass is 32.2. The van der Waals surface area contributed by atoms with E-state index < -0.39 is 23.6 Å². The van der Waals surface area contributed by atoms with Gasteiger partial charge in [-0.05, 0) is 24.0 Å². The molecule has 12 heteroatoms. The minimum atomic E-state index is -4.55. The van der Waals surface area contributed by atoms with Crippen LogP contribution in [0.5, 0.6) is 0 Å². The fourth-order valence-corrected chi connectivity index (χ4v) is 3.87. The van der Waals surface area contributed by atoms with Crippen molar-refractivity contribution in [3.05, 3.63) is 41.9 Å². The van der Waals surface area contributed by atoms with E-state index in [1.165, 1.54) is 17.8 Å². The molecule has 0 aliphatic rings. The van der Waals surface area contributed by atoms with Gasteiger partial charge in [-0.2, -0.15) is 26.3 Å². The van der Waals surface area contributed by atoms with E-state index in [4.69, 9.17) is 0 Å². The fourth-order valence-electron chi connectivity index (χ4n) is 2.15. The van der Waals surface area contributed by atoms with E-state index in [2.05, 4.69) is 20.2 Å². The molecule has 0 saturated carbocycles. The lowest BCUT2D eigenvalue weighted by Gasteiger charge is -2.10. The average Bonchev–Trinajstić information content (AvgIpc) is 3.10. The molecule has 0 unspecified atom stereocenters. The molecular formula is C16H10F6N4S2. The highest BCUT2D eigenvalue weighted by molar-refractivity contribution is 7.99. The zero-order valence-electron chi connectivity index (χ0n) is 14.0. The van der Waals surface area contributed by atoms with Gasteiger partial charge in [0.1, 0.15) is 16.4 Å². The first kappa shape index (κ1) is 20.5. The third-order valence-corrected chi connectivity index (χ3v) is 5.30. The second-order valence-electron chi connectivity index (χ2n) is 5.34. The van der Waals surface area contributed by atoms with Crippen molar-refractivity contribution in [2.45, 2.75) is 24.2 Å². The van der Waals surface area contributed by atoms with E-state index in [1.807, 2.05) is 0 Å². The first-order valence-electron chi connectivity index (χ1n) is 7.67. The molecule has 0 amide bonds. The molecule has 0 aliphatic carbocycles. The van der Waals surface area contributed by atoms with Gasteiger partial charge in [0, 0.05) is 22.9 Å². The molecule has 3 aromatic heterocycles. The van der Waals surface area contributed by atoms with E-state index in [0.717, 1.165) is 35.9 Å². The van der Waals surface area contributed by atoms with Crippen LogP contribution in [0.1, 0.15) is 18.2 Å². The monoisotopic (exact) mass is 436 g/mol. The number of thioether (sulfide) groups is 1. The Balaban J connectivity index is 1.95. The molecule has 148 valence electrons. The number of rotatable bonds is 4. The van der Waals surface area contributed by atoms with Crippen LogP contribution in [0, 0.1) is 0 Å². The number of hydrogen-bond donors (Lipinski definition) is 0. The van der Waals surface area contributed by atoms with Crippen LogP contribution in [-0.2, 0) is 12.4 Å². The van der Waals surface area contributed by atoms with E-state index in [-0.39, 0.29) is 15.7 Å². The molecule has 0 N–H and O–H groups in total. The first-order valence-corrected chi connectivity index (χ1v) is 9.47. The Morgan fingerprint density at radius 2 is 1.64 bits per heavy atom. The number of aromatic nitrogens is 4. The zero-order valence-corrected chi connectivity index (χ0v) is 15.6. The van der Waals surface area contributed by atoms with Gasteiger partial charge in [0.25, 0.3) is 0 Å². The second-order valence-corrected chi connectivity index (χ2v) is 7.63. The maximum atomic E-state index is 12.9. The molecule has 4 nitrogen and oxygen atoms in total. The topological polar surface area (TPSA) is 51.6 Å². The molecule has 3 heterocycles. The lowest BCUT2D eigenvalue weighted by atomic mass is 10.2.